The molecule has 1 amide bonds. The average Bonchev–Trinajstić information content (AvgIpc) is 2.58. The SMILES string of the molecule is CCc1nc(NC(=O)C(F)(F)C(F)F)sc1C. The summed E-state index contributed by atoms with van der Waals surface area (Å²) in [5.74, 6) is -6.74. The van der Waals surface area contributed by atoms with E-state index in [1.807, 2.05) is 0 Å². The van der Waals surface area contributed by atoms with Crippen LogP contribution in [0.15, 0.2) is 0 Å². The molecule has 0 aliphatic heterocycles. The lowest BCUT2D eigenvalue weighted by Crippen LogP contribution is -2.40. The van der Waals surface area contributed by atoms with Gasteiger partial charge in [-0.3, -0.25) is 10.1 Å². The summed E-state index contributed by atoms with van der Waals surface area (Å²) in [6, 6.07) is 0. The van der Waals surface area contributed by atoms with Crippen molar-refractivity contribution in [2.24, 2.45) is 0 Å². The van der Waals surface area contributed by atoms with Gasteiger partial charge < -0.3 is 0 Å². The molecule has 8 heteroatoms. The van der Waals surface area contributed by atoms with Gasteiger partial charge in [-0.1, -0.05) is 6.92 Å². The van der Waals surface area contributed by atoms with Gasteiger partial charge in [0.1, 0.15) is 0 Å². The van der Waals surface area contributed by atoms with Crippen LogP contribution in [0, 0.1) is 6.92 Å². The number of hydrogen-bond donors (Lipinski definition) is 1. The second kappa shape index (κ2) is 4.99. The maximum Gasteiger partial charge on any atom is 0.383 e. The van der Waals surface area contributed by atoms with Gasteiger partial charge in [-0.2, -0.15) is 8.78 Å². The molecular weight excluding hydrogens is 260 g/mol. The van der Waals surface area contributed by atoms with Crippen molar-refractivity contribution < 1.29 is 22.4 Å². The predicted molar refractivity (Wildman–Crippen MR) is 55.8 cm³/mol. The van der Waals surface area contributed by atoms with Gasteiger partial charge in [0.05, 0.1) is 5.69 Å². The first-order valence-electron chi connectivity index (χ1n) is 4.72. The summed E-state index contributed by atoms with van der Waals surface area (Å²) < 4.78 is 49.0. The summed E-state index contributed by atoms with van der Waals surface area (Å²) in [6.45, 7) is 3.51. The van der Waals surface area contributed by atoms with E-state index in [0.29, 0.717) is 12.1 Å². The fraction of sp³-hybridized carbons (Fsp3) is 0.556. The zero-order valence-corrected chi connectivity index (χ0v) is 9.88. The molecule has 0 aliphatic rings. The Hall–Kier alpha value is -1.18. The van der Waals surface area contributed by atoms with Crippen molar-refractivity contribution >= 4 is 22.4 Å². The highest BCUT2D eigenvalue weighted by molar-refractivity contribution is 7.15. The van der Waals surface area contributed by atoms with E-state index in [1.54, 1.807) is 19.2 Å². The third-order valence-corrected chi connectivity index (χ3v) is 2.95. The minimum Gasteiger partial charge on any atom is -0.296 e. The fourth-order valence-electron chi connectivity index (χ4n) is 1.09. The molecule has 0 radical (unpaired) electrons. The average molecular weight is 270 g/mol. The second-order valence-corrected chi connectivity index (χ2v) is 4.46. The third-order valence-electron chi connectivity index (χ3n) is 2.02. The van der Waals surface area contributed by atoms with Crippen LogP contribution >= 0.6 is 11.3 Å². The largest absolute Gasteiger partial charge is 0.383 e. The van der Waals surface area contributed by atoms with Crippen molar-refractivity contribution in [2.75, 3.05) is 5.32 Å². The lowest BCUT2D eigenvalue weighted by atomic mass is 10.3. The number of aryl methyl sites for hydroxylation is 2. The summed E-state index contributed by atoms with van der Waals surface area (Å²) in [5, 5.41) is 1.60. The molecule has 1 N–H and O–H groups in total. The highest BCUT2D eigenvalue weighted by Crippen LogP contribution is 2.27. The van der Waals surface area contributed by atoms with Crippen LogP contribution in [0.1, 0.15) is 17.5 Å². The monoisotopic (exact) mass is 270 g/mol. The molecule has 1 aromatic rings. The van der Waals surface area contributed by atoms with E-state index >= 15 is 0 Å². The van der Waals surface area contributed by atoms with Crippen molar-refractivity contribution in [3.05, 3.63) is 10.6 Å². The number of alkyl halides is 4. The highest BCUT2D eigenvalue weighted by atomic mass is 32.1. The third kappa shape index (κ3) is 2.93. The number of thiazole rings is 1. The van der Waals surface area contributed by atoms with Gasteiger partial charge in [0, 0.05) is 4.88 Å². The van der Waals surface area contributed by atoms with Gasteiger partial charge in [-0.25, -0.2) is 13.8 Å². The van der Waals surface area contributed by atoms with E-state index in [4.69, 9.17) is 0 Å². The Morgan fingerprint density at radius 3 is 2.53 bits per heavy atom. The van der Waals surface area contributed by atoms with Crippen LogP contribution in [0.5, 0.6) is 0 Å². The number of aromatic nitrogens is 1. The van der Waals surface area contributed by atoms with Crippen molar-refractivity contribution in [1.29, 1.82) is 0 Å². The number of nitrogens with one attached hydrogen (secondary N) is 1. The lowest BCUT2D eigenvalue weighted by Gasteiger charge is -2.13. The number of nitrogens with zero attached hydrogens (tertiary/aromatic N) is 1. The molecule has 3 nitrogen and oxygen atoms in total. The lowest BCUT2D eigenvalue weighted by molar-refractivity contribution is -0.163. The number of hydrogen-bond acceptors (Lipinski definition) is 3. The number of carbonyl (C=O) groups excluding carboxylic acids is 1. The molecule has 0 saturated heterocycles. The van der Waals surface area contributed by atoms with Crippen molar-refractivity contribution in [3.8, 4) is 0 Å². The Morgan fingerprint density at radius 1 is 1.53 bits per heavy atom. The van der Waals surface area contributed by atoms with Gasteiger partial charge in [-0.05, 0) is 13.3 Å². The molecule has 0 bridgehead atoms. The van der Waals surface area contributed by atoms with Gasteiger partial charge in [0.15, 0.2) is 5.13 Å². The first-order valence-corrected chi connectivity index (χ1v) is 5.54. The molecule has 0 atom stereocenters. The molecule has 0 unspecified atom stereocenters. The normalized spacial score (nSPS) is 11.9. The molecule has 1 heterocycles. The molecule has 0 aliphatic carbocycles. The van der Waals surface area contributed by atoms with Gasteiger partial charge >= 0.3 is 18.3 Å². The summed E-state index contributed by atoms with van der Waals surface area (Å²) in [7, 11) is 0. The number of anilines is 1. The molecule has 17 heavy (non-hydrogen) atoms. The molecule has 0 fully saturated rings. The molecule has 0 spiro atoms. The molecular formula is C9H10F4N2OS. The maximum absolute atomic E-state index is 12.6. The summed E-state index contributed by atoms with van der Waals surface area (Å²) in [4.78, 5) is 15.5. The zero-order valence-electron chi connectivity index (χ0n) is 9.06. The Bertz CT molecular complexity index is 419. The first kappa shape index (κ1) is 13.9. The summed E-state index contributed by atoms with van der Waals surface area (Å²) >= 11 is 0.974. The van der Waals surface area contributed by atoms with Crippen molar-refractivity contribution in [2.45, 2.75) is 32.6 Å². The van der Waals surface area contributed by atoms with E-state index in [1.165, 1.54) is 0 Å². The Balaban J connectivity index is 2.81. The summed E-state index contributed by atoms with van der Waals surface area (Å²) in [6.07, 6.45) is -3.46. The van der Waals surface area contributed by atoms with E-state index in [0.717, 1.165) is 16.2 Å². The minimum absolute atomic E-state index is 0.0929. The smallest absolute Gasteiger partial charge is 0.296 e. The maximum atomic E-state index is 12.6. The Kier molecular flexibility index (Phi) is 4.07. The molecule has 0 saturated carbocycles. The highest BCUT2D eigenvalue weighted by Gasteiger charge is 2.49. The quantitative estimate of drug-likeness (QED) is 0.855. The van der Waals surface area contributed by atoms with E-state index in [-0.39, 0.29) is 5.13 Å². The van der Waals surface area contributed by atoms with Crippen LogP contribution in [-0.2, 0) is 11.2 Å². The Morgan fingerprint density at radius 2 is 2.12 bits per heavy atom. The number of amides is 1. The minimum atomic E-state index is -4.70. The molecule has 1 aromatic heterocycles. The van der Waals surface area contributed by atoms with Crippen LogP contribution < -0.4 is 5.32 Å². The topological polar surface area (TPSA) is 42.0 Å². The van der Waals surface area contributed by atoms with Crippen LogP contribution in [0.4, 0.5) is 22.7 Å². The van der Waals surface area contributed by atoms with Gasteiger partial charge in [0.2, 0.25) is 0 Å². The molecule has 96 valence electrons. The fourth-order valence-corrected chi connectivity index (χ4v) is 1.99. The van der Waals surface area contributed by atoms with Crippen LogP contribution in [0.3, 0.4) is 0 Å². The van der Waals surface area contributed by atoms with Crippen LogP contribution in [-0.4, -0.2) is 23.2 Å². The van der Waals surface area contributed by atoms with Crippen molar-refractivity contribution in [3.63, 3.8) is 0 Å². The van der Waals surface area contributed by atoms with E-state index < -0.39 is 18.3 Å². The van der Waals surface area contributed by atoms with Crippen LogP contribution in [0.25, 0.3) is 0 Å². The van der Waals surface area contributed by atoms with Gasteiger partial charge in [0.25, 0.3) is 0 Å². The Labute approximate surface area is 98.9 Å². The van der Waals surface area contributed by atoms with Crippen molar-refractivity contribution in [1.82, 2.24) is 4.98 Å². The van der Waals surface area contributed by atoms with Crippen LogP contribution in [0.2, 0.25) is 0 Å². The molecule has 0 aromatic carbocycles. The predicted octanol–water partition coefficient (Wildman–Crippen LogP) is 2.85. The number of carbonyl (C=O) groups is 1. The van der Waals surface area contributed by atoms with E-state index in [2.05, 4.69) is 4.98 Å². The number of halogens is 4. The first-order chi connectivity index (χ1) is 7.78. The second-order valence-electron chi connectivity index (χ2n) is 3.25. The zero-order chi connectivity index (χ0) is 13.2. The van der Waals surface area contributed by atoms with Gasteiger partial charge in [-0.15, -0.1) is 11.3 Å². The molecule has 1 rings (SSSR count). The number of rotatable bonds is 4. The summed E-state index contributed by atoms with van der Waals surface area (Å²) in [5.41, 5.74) is 0.644. The standard InChI is InChI=1S/C9H10F4N2OS/c1-3-5-4(2)17-8(14-5)15-7(16)9(12,13)6(10)11/h6H,3H2,1-2H3,(H,14,15,16). The van der Waals surface area contributed by atoms with E-state index in [9.17, 15) is 22.4 Å².